The summed E-state index contributed by atoms with van der Waals surface area (Å²) in [6, 6.07) is 0. The standard InChI is InChI=1S/C6H4N2O/c7-6(9)5-2-1-3-8-4-5/h3-4H,(H2,7,9). The van der Waals surface area contributed by atoms with E-state index in [0.29, 0.717) is 0 Å². The van der Waals surface area contributed by atoms with Crippen molar-refractivity contribution in [2.45, 2.75) is 0 Å². The molecule has 1 aliphatic rings. The molecule has 3 heteroatoms. The maximum atomic E-state index is 10.3. The van der Waals surface area contributed by atoms with E-state index in [2.05, 4.69) is 16.5 Å². The van der Waals surface area contributed by atoms with E-state index < -0.39 is 5.91 Å². The van der Waals surface area contributed by atoms with Gasteiger partial charge in [0, 0.05) is 6.21 Å². The van der Waals surface area contributed by atoms with Gasteiger partial charge in [-0.3, -0.25) is 9.79 Å². The van der Waals surface area contributed by atoms with Gasteiger partial charge in [-0.25, -0.2) is 0 Å². The zero-order valence-corrected chi connectivity index (χ0v) is 4.59. The maximum Gasteiger partial charge on any atom is 0.258 e. The fraction of sp³-hybridized carbons (Fsp3) is 0. The molecule has 0 atom stereocenters. The molecule has 2 N–H and O–H groups in total. The van der Waals surface area contributed by atoms with Crippen molar-refractivity contribution >= 4 is 12.1 Å². The van der Waals surface area contributed by atoms with Gasteiger partial charge in [-0.15, -0.1) is 0 Å². The third-order valence-corrected chi connectivity index (χ3v) is 0.815. The summed E-state index contributed by atoms with van der Waals surface area (Å²) in [5.74, 6) is -0.528. The number of hydrogen-bond donors (Lipinski definition) is 1. The third kappa shape index (κ3) is 1.16. The van der Waals surface area contributed by atoms with Gasteiger partial charge in [0.25, 0.3) is 5.91 Å². The maximum absolute atomic E-state index is 10.3. The highest BCUT2D eigenvalue weighted by atomic mass is 16.1. The van der Waals surface area contributed by atoms with Crippen LogP contribution < -0.4 is 5.73 Å². The second-order valence-electron chi connectivity index (χ2n) is 1.45. The van der Waals surface area contributed by atoms with Gasteiger partial charge >= 0.3 is 0 Å². The highest BCUT2D eigenvalue weighted by Gasteiger charge is 1.98. The zero-order valence-electron chi connectivity index (χ0n) is 4.59. The molecule has 1 rings (SSSR count). The molecule has 9 heavy (non-hydrogen) atoms. The average Bonchev–Trinajstić information content (AvgIpc) is 1.90. The van der Waals surface area contributed by atoms with Crippen LogP contribution in [0.1, 0.15) is 0 Å². The molecule has 0 aromatic carbocycles. The van der Waals surface area contributed by atoms with Crippen LogP contribution in [-0.4, -0.2) is 12.1 Å². The predicted octanol–water partition coefficient (Wildman–Crippen LogP) is -0.250. The SMILES string of the molecule is NC(=O)C1=C=C=CN=C1. The molecular formula is C6H4N2O. The fourth-order valence-electron chi connectivity index (χ4n) is 0.417. The first kappa shape index (κ1) is 5.57. The summed E-state index contributed by atoms with van der Waals surface area (Å²) >= 11 is 0. The summed E-state index contributed by atoms with van der Waals surface area (Å²) in [4.78, 5) is 14.0. The monoisotopic (exact) mass is 120 g/mol. The lowest BCUT2D eigenvalue weighted by Crippen LogP contribution is -2.14. The molecule has 0 bridgehead atoms. The van der Waals surface area contributed by atoms with E-state index in [9.17, 15) is 4.79 Å². The highest BCUT2D eigenvalue weighted by Crippen LogP contribution is 1.88. The minimum absolute atomic E-state index is 0.262. The molecule has 0 unspecified atom stereocenters. The smallest absolute Gasteiger partial charge is 0.258 e. The van der Waals surface area contributed by atoms with E-state index in [1.807, 2.05) is 0 Å². The molecule has 0 aromatic heterocycles. The van der Waals surface area contributed by atoms with E-state index in [1.165, 1.54) is 12.4 Å². The van der Waals surface area contributed by atoms with Crippen molar-refractivity contribution in [2.75, 3.05) is 0 Å². The summed E-state index contributed by atoms with van der Waals surface area (Å²) in [7, 11) is 0. The number of carbonyl (C=O) groups excluding carboxylic acids is 1. The molecule has 3 nitrogen and oxygen atoms in total. The van der Waals surface area contributed by atoms with Crippen molar-refractivity contribution in [2.24, 2.45) is 10.7 Å². The zero-order chi connectivity index (χ0) is 6.69. The van der Waals surface area contributed by atoms with Crippen LogP contribution in [-0.2, 0) is 4.79 Å². The minimum atomic E-state index is -0.528. The molecule has 0 saturated heterocycles. The van der Waals surface area contributed by atoms with Crippen LogP contribution in [0.5, 0.6) is 0 Å². The Morgan fingerprint density at radius 3 is 2.89 bits per heavy atom. The molecule has 44 valence electrons. The Morgan fingerprint density at radius 1 is 1.78 bits per heavy atom. The second-order valence-corrected chi connectivity index (χ2v) is 1.45. The molecular weight excluding hydrogens is 116 g/mol. The summed E-state index contributed by atoms with van der Waals surface area (Å²) in [6.45, 7) is 0. The lowest BCUT2D eigenvalue weighted by molar-refractivity contribution is -0.114. The lowest BCUT2D eigenvalue weighted by atomic mass is 10.3. The second kappa shape index (κ2) is 2.14. The van der Waals surface area contributed by atoms with Crippen LogP contribution in [0, 0.1) is 0 Å². The first-order valence-electron chi connectivity index (χ1n) is 2.34. The van der Waals surface area contributed by atoms with E-state index in [4.69, 9.17) is 5.73 Å². The summed E-state index contributed by atoms with van der Waals surface area (Å²) < 4.78 is 0. The van der Waals surface area contributed by atoms with Gasteiger partial charge in [0.1, 0.15) is 5.57 Å². The number of primary amides is 1. The van der Waals surface area contributed by atoms with E-state index in [-0.39, 0.29) is 5.57 Å². The summed E-state index contributed by atoms with van der Waals surface area (Å²) in [5.41, 5.74) is 10.2. The summed E-state index contributed by atoms with van der Waals surface area (Å²) in [5, 5.41) is 0. The number of aliphatic imine (C=N–C) groups is 1. The van der Waals surface area contributed by atoms with Crippen molar-refractivity contribution in [1.29, 1.82) is 0 Å². The Hall–Kier alpha value is -1.56. The van der Waals surface area contributed by atoms with Crippen LogP contribution in [0.15, 0.2) is 28.2 Å². The molecule has 0 aliphatic carbocycles. The average molecular weight is 120 g/mol. The normalized spacial score (nSPS) is 13.6. The minimum Gasteiger partial charge on any atom is -0.365 e. The van der Waals surface area contributed by atoms with Gasteiger partial charge < -0.3 is 5.73 Å². The van der Waals surface area contributed by atoms with Gasteiger partial charge in [-0.2, -0.15) is 0 Å². The number of rotatable bonds is 1. The highest BCUT2D eigenvalue weighted by molar-refractivity contribution is 6.11. The quantitative estimate of drug-likeness (QED) is 0.476. The molecule has 0 aromatic rings. The van der Waals surface area contributed by atoms with Crippen LogP contribution in [0.3, 0.4) is 0 Å². The van der Waals surface area contributed by atoms with Crippen molar-refractivity contribution in [1.82, 2.24) is 0 Å². The van der Waals surface area contributed by atoms with Crippen molar-refractivity contribution in [3.8, 4) is 0 Å². The Morgan fingerprint density at radius 2 is 2.56 bits per heavy atom. The number of nitrogens with zero attached hydrogens (tertiary/aromatic N) is 1. The van der Waals surface area contributed by atoms with Crippen LogP contribution in [0.2, 0.25) is 0 Å². The number of amides is 1. The first-order chi connectivity index (χ1) is 4.30. The fourth-order valence-corrected chi connectivity index (χ4v) is 0.417. The molecule has 0 saturated carbocycles. The van der Waals surface area contributed by atoms with Crippen LogP contribution in [0.25, 0.3) is 0 Å². The molecule has 0 radical (unpaired) electrons. The molecule has 1 heterocycles. The van der Waals surface area contributed by atoms with E-state index in [1.54, 1.807) is 0 Å². The largest absolute Gasteiger partial charge is 0.365 e. The van der Waals surface area contributed by atoms with Gasteiger partial charge in [-0.1, -0.05) is 5.73 Å². The lowest BCUT2D eigenvalue weighted by Gasteiger charge is -1.87. The van der Waals surface area contributed by atoms with Crippen molar-refractivity contribution in [3.63, 3.8) is 0 Å². The first-order valence-corrected chi connectivity index (χ1v) is 2.34. The number of carbonyl (C=O) groups is 1. The van der Waals surface area contributed by atoms with Crippen molar-refractivity contribution in [3.05, 3.63) is 23.2 Å². The van der Waals surface area contributed by atoms with Gasteiger partial charge in [0.05, 0.1) is 6.20 Å². The molecule has 1 amide bonds. The van der Waals surface area contributed by atoms with Gasteiger partial charge in [-0.05, 0) is 5.73 Å². The molecule has 0 fully saturated rings. The third-order valence-electron chi connectivity index (χ3n) is 0.815. The Bertz CT molecular complexity index is 263. The Kier molecular flexibility index (Phi) is 1.32. The van der Waals surface area contributed by atoms with E-state index in [0.717, 1.165) is 0 Å². The number of hydrogen-bond acceptors (Lipinski definition) is 2. The number of nitrogens with two attached hydrogens (primary N) is 1. The summed E-state index contributed by atoms with van der Waals surface area (Å²) in [6.07, 6.45) is 2.76. The topological polar surface area (TPSA) is 55.5 Å². The predicted molar refractivity (Wildman–Crippen MR) is 32.8 cm³/mol. The Balaban J connectivity index is 3.08. The van der Waals surface area contributed by atoms with Gasteiger partial charge in [0.2, 0.25) is 0 Å². The van der Waals surface area contributed by atoms with Crippen molar-refractivity contribution < 1.29 is 4.79 Å². The Labute approximate surface area is 51.9 Å². The van der Waals surface area contributed by atoms with E-state index >= 15 is 0 Å². The van der Waals surface area contributed by atoms with Crippen LogP contribution >= 0.6 is 0 Å². The molecule has 1 aliphatic heterocycles. The molecule has 0 spiro atoms. The van der Waals surface area contributed by atoms with Gasteiger partial charge in [0.15, 0.2) is 0 Å². The van der Waals surface area contributed by atoms with Crippen LogP contribution in [0.4, 0.5) is 0 Å².